The fourth-order valence-corrected chi connectivity index (χ4v) is 12.4. The van der Waals surface area contributed by atoms with Gasteiger partial charge in [0.15, 0.2) is 0 Å². The van der Waals surface area contributed by atoms with E-state index in [1.54, 1.807) is 0 Å². The van der Waals surface area contributed by atoms with Crippen LogP contribution in [-0.2, 0) is 9.47 Å². The Hall–Kier alpha value is -0.200. The fraction of sp³-hybridized carbons (Fsp3) is 1.00. The number of hydrogen-bond donors (Lipinski definition) is 3. The summed E-state index contributed by atoms with van der Waals surface area (Å²) in [7, 11) is 0. The molecule has 2 spiro atoms. The van der Waals surface area contributed by atoms with Crippen LogP contribution in [0.1, 0.15) is 107 Å². The summed E-state index contributed by atoms with van der Waals surface area (Å²) in [5.74, 6) is 1.77. The van der Waals surface area contributed by atoms with E-state index >= 15 is 0 Å². The average Bonchev–Trinajstić information content (AvgIpc) is 3.46. The lowest BCUT2D eigenvalue weighted by Crippen LogP contribution is -2.59. The first-order valence-electron chi connectivity index (χ1n) is 15.5. The quantitative estimate of drug-likeness (QED) is 0.468. The molecule has 3 N–H and O–H groups in total. The molecule has 0 amide bonds. The zero-order valence-corrected chi connectivity index (χ0v) is 24.7. The minimum atomic E-state index is -0.726. The molecule has 13 atom stereocenters. The Balaban J connectivity index is 1.33. The maximum Gasteiger partial charge on any atom is 0.108 e. The molecular weight excluding hydrogens is 464 g/mol. The molecule has 1 aliphatic heterocycles. The van der Waals surface area contributed by atoms with Gasteiger partial charge in [-0.05, 0) is 117 Å². The Bertz CT molecular complexity index is 932. The molecule has 0 aromatic carbocycles. The summed E-state index contributed by atoms with van der Waals surface area (Å²) in [4.78, 5) is 0. The van der Waals surface area contributed by atoms with Gasteiger partial charge in [-0.3, -0.25) is 0 Å². The van der Waals surface area contributed by atoms with E-state index in [4.69, 9.17) is 9.47 Å². The molecule has 6 aliphatic rings. The van der Waals surface area contributed by atoms with Crippen LogP contribution in [0.15, 0.2) is 0 Å². The summed E-state index contributed by atoms with van der Waals surface area (Å²) in [5, 5.41) is 34.6. The Morgan fingerprint density at radius 3 is 2.30 bits per heavy atom. The molecule has 1 saturated heterocycles. The Morgan fingerprint density at radius 1 is 0.973 bits per heavy atom. The second-order valence-corrected chi connectivity index (χ2v) is 16.1. The highest BCUT2D eigenvalue weighted by molar-refractivity contribution is 5.32. The number of aliphatic hydroxyl groups is 3. The first kappa shape index (κ1) is 27.0. The van der Waals surface area contributed by atoms with Crippen molar-refractivity contribution in [1.29, 1.82) is 0 Å². The van der Waals surface area contributed by atoms with Gasteiger partial charge in [0.25, 0.3) is 0 Å². The van der Waals surface area contributed by atoms with Crippen molar-refractivity contribution in [3.63, 3.8) is 0 Å². The second-order valence-electron chi connectivity index (χ2n) is 16.1. The van der Waals surface area contributed by atoms with Crippen LogP contribution in [-0.4, -0.2) is 58.0 Å². The monoisotopic (exact) mass is 518 g/mol. The van der Waals surface area contributed by atoms with Crippen molar-refractivity contribution in [2.45, 2.75) is 143 Å². The third kappa shape index (κ3) is 3.05. The first-order chi connectivity index (χ1) is 17.1. The van der Waals surface area contributed by atoms with Crippen molar-refractivity contribution in [3.8, 4) is 0 Å². The largest absolute Gasteiger partial charge is 0.393 e. The maximum atomic E-state index is 12.3. The van der Waals surface area contributed by atoms with Crippen LogP contribution in [0.2, 0.25) is 0 Å². The molecule has 5 nitrogen and oxygen atoms in total. The molecule has 5 saturated carbocycles. The summed E-state index contributed by atoms with van der Waals surface area (Å²) in [6.07, 6.45) is 6.93. The molecule has 5 aliphatic carbocycles. The molecule has 212 valence electrons. The SMILES string of the molecule is CCOC(C)(C)[C@H](O)C1C[C@@H](C)[C@H]2C(O1)[C@H](O)[C@@]1(C)C3CC[C@H]4C(C)(C)C(O)CC[C@@]45C[C@@]35CC[C@]21C. The summed E-state index contributed by atoms with van der Waals surface area (Å²) < 4.78 is 12.7. The van der Waals surface area contributed by atoms with Gasteiger partial charge in [0.2, 0.25) is 0 Å². The molecule has 0 aromatic rings. The normalized spacial score (nSPS) is 56.8. The third-order valence-corrected chi connectivity index (χ3v) is 14.4. The molecule has 6 fully saturated rings. The molecule has 1 heterocycles. The summed E-state index contributed by atoms with van der Waals surface area (Å²) in [6, 6.07) is 0. The van der Waals surface area contributed by atoms with Gasteiger partial charge >= 0.3 is 0 Å². The number of aliphatic hydroxyl groups excluding tert-OH is 3. The van der Waals surface area contributed by atoms with Crippen molar-refractivity contribution >= 4 is 0 Å². The van der Waals surface area contributed by atoms with E-state index in [0.29, 0.717) is 41.1 Å². The van der Waals surface area contributed by atoms with Gasteiger partial charge in [-0.15, -0.1) is 0 Å². The van der Waals surface area contributed by atoms with E-state index in [0.717, 1.165) is 32.1 Å². The molecule has 0 aromatic heterocycles. The topological polar surface area (TPSA) is 79.2 Å². The smallest absolute Gasteiger partial charge is 0.108 e. The number of fused-ring (bicyclic) bond motifs is 4. The highest BCUT2D eigenvalue weighted by Crippen LogP contribution is 2.89. The van der Waals surface area contributed by atoms with Crippen molar-refractivity contribution in [2.75, 3.05) is 6.61 Å². The van der Waals surface area contributed by atoms with Crippen LogP contribution in [0.3, 0.4) is 0 Å². The van der Waals surface area contributed by atoms with Gasteiger partial charge in [0, 0.05) is 12.0 Å². The minimum absolute atomic E-state index is 0.0228. The van der Waals surface area contributed by atoms with Crippen molar-refractivity contribution in [3.05, 3.63) is 0 Å². The van der Waals surface area contributed by atoms with Crippen LogP contribution >= 0.6 is 0 Å². The highest BCUT2D eigenvalue weighted by atomic mass is 16.5. The van der Waals surface area contributed by atoms with Crippen LogP contribution in [0.5, 0.6) is 0 Å². The molecule has 37 heavy (non-hydrogen) atoms. The number of rotatable bonds is 4. The molecule has 6 rings (SSSR count). The molecule has 0 bridgehead atoms. The van der Waals surface area contributed by atoms with Gasteiger partial charge in [-0.2, -0.15) is 0 Å². The van der Waals surface area contributed by atoms with E-state index in [9.17, 15) is 15.3 Å². The van der Waals surface area contributed by atoms with Crippen molar-refractivity contribution in [2.24, 2.45) is 50.7 Å². The van der Waals surface area contributed by atoms with Crippen molar-refractivity contribution < 1.29 is 24.8 Å². The van der Waals surface area contributed by atoms with E-state index in [-0.39, 0.29) is 34.6 Å². The standard InChI is InChI=1S/C32H54O5/c1-9-36-28(5,6)25(34)19-16-18(2)23-24(37-19)26(35)30(8)21-11-10-20-27(3,4)22(33)12-13-31(20)17-32(21,31)15-14-29(23,30)7/h18-26,33-35H,9-17H2,1-8H3/t18-,19?,20+,21?,22?,23+,24?,25-,26+,29-,30-,31-,32+/m1/s1. The molecule has 4 unspecified atom stereocenters. The predicted molar refractivity (Wildman–Crippen MR) is 144 cm³/mol. The molecular formula is C32H54O5. The van der Waals surface area contributed by atoms with Gasteiger partial charge in [-0.25, -0.2) is 0 Å². The number of hydrogen-bond acceptors (Lipinski definition) is 5. The molecule has 5 heteroatoms. The summed E-state index contributed by atoms with van der Waals surface area (Å²) in [6.45, 7) is 18.3. The number of ether oxygens (including phenoxy) is 2. The van der Waals surface area contributed by atoms with E-state index in [1.807, 2.05) is 20.8 Å². The average molecular weight is 519 g/mol. The van der Waals surface area contributed by atoms with Gasteiger partial charge in [0.1, 0.15) is 6.10 Å². The maximum absolute atomic E-state index is 12.3. The Kier molecular flexibility index (Phi) is 5.81. The zero-order chi connectivity index (χ0) is 27.0. The van der Waals surface area contributed by atoms with Gasteiger partial charge < -0.3 is 24.8 Å². The van der Waals surface area contributed by atoms with Crippen LogP contribution in [0.25, 0.3) is 0 Å². The highest BCUT2D eigenvalue weighted by Gasteiger charge is 2.84. The van der Waals surface area contributed by atoms with Crippen molar-refractivity contribution in [1.82, 2.24) is 0 Å². The summed E-state index contributed by atoms with van der Waals surface area (Å²) in [5.41, 5.74) is -0.211. The fourth-order valence-electron chi connectivity index (χ4n) is 12.4. The van der Waals surface area contributed by atoms with Crippen LogP contribution < -0.4 is 0 Å². The van der Waals surface area contributed by atoms with Gasteiger partial charge in [0.05, 0.1) is 30.0 Å². The van der Waals surface area contributed by atoms with E-state index < -0.39 is 17.8 Å². The van der Waals surface area contributed by atoms with Crippen LogP contribution in [0, 0.1) is 50.7 Å². The lowest BCUT2D eigenvalue weighted by atomic mass is 9.41. The van der Waals surface area contributed by atoms with Crippen LogP contribution in [0.4, 0.5) is 0 Å². The lowest BCUT2D eigenvalue weighted by molar-refractivity contribution is -0.211. The predicted octanol–water partition coefficient (Wildman–Crippen LogP) is 5.34. The summed E-state index contributed by atoms with van der Waals surface area (Å²) >= 11 is 0. The van der Waals surface area contributed by atoms with Gasteiger partial charge in [-0.1, -0.05) is 34.6 Å². The third-order valence-electron chi connectivity index (χ3n) is 14.4. The zero-order valence-electron chi connectivity index (χ0n) is 24.7. The lowest BCUT2D eigenvalue weighted by Gasteiger charge is -2.63. The minimum Gasteiger partial charge on any atom is -0.393 e. The Morgan fingerprint density at radius 2 is 1.62 bits per heavy atom. The first-order valence-corrected chi connectivity index (χ1v) is 15.5. The molecule has 0 radical (unpaired) electrons. The van der Waals surface area contributed by atoms with E-state index in [1.165, 1.54) is 19.3 Å². The Labute approximate surface area is 225 Å². The van der Waals surface area contributed by atoms with E-state index in [2.05, 4.69) is 34.6 Å². The second kappa shape index (κ2) is 7.96.